The minimum atomic E-state index is -1.30. The zero-order chi connectivity index (χ0) is 15.1. The molecule has 108 valence electrons. The molecule has 0 aliphatic carbocycles. The van der Waals surface area contributed by atoms with Gasteiger partial charge in [0.2, 0.25) is 0 Å². The Bertz CT molecular complexity index is 517. The number of nitrogens with one attached hydrogen (secondary N) is 1. The second-order valence-corrected chi connectivity index (χ2v) is 4.03. The molecule has 0 bridgehead atoms. The van der Waals surface area contributed by atoms with Gasteiger partial charge in [-0.2, -0.15) is 0 Å². The maximum atomic E-state index is 13.4. The lowest BCUT2D eigenvalue weighted by molar-refractivity contribution is -0.148. The van der Waals surface area contributed by atoms with Gasteiger partial charge in [0.05, 0.1) is 0 Å². The van der Waals surface area contributed by atoms with Crippen LogP contribution in [0.25, 0.3) is 0 Å². The third-order valence-corrected chi connectivity index (χ3v) is 2.42. The van der Waals surface area contributed by atoms with E-state index in [9.17, 15) is 18.8 Å². The van der Waals surface area contributed by atoms with Crippen LogP contribution in [0.3, 0.4) is 0 Å². The SMILES string of the molecule is CC(=O)OCC(=O)N[C@@H](Cc1ccccc1F)C(=O)O. The van der Waals surface area contributed by atoms with Crippen molar-refractivity contribution in [1.29, 1.82) is 0 Å². The topological polar surface area (TPSA) is 92.7 Å². The molecular weight excluding hydrogens is 269 g/mol. The Morgan fingerprint density at radius 3 is 2.55 bits per heavy atom. The zero-order valence-electron chi connectivity index (χ0n) is 10.8. The number of amides is 1. The van der Waals surface area contributed by atoms with Crippen LogP contribution in [-0.2, 0) is 25.5 Å². The largest absolute Gasteiger partial charge is 0.480 e. The molecule has 0 radical (unpaired) electrons. The van der Waals surface area contributed by atoms with Crippen molar-refractivity contribution < 1.29 is 28.6 Å². The summed E-state index contributed by atoms with van der Waals surface area (Å²) in [6.45, 7) is 0.553. The summed E-state index contributed by atoms with van der Waals surface area (Å²) in [6, 6.07) is 4.39. The van der Waals surface area contributed by atoms with Crippen LogP contribution in [0.4, 0.5) is 4.39 Å². The average Bonchev–Trinajstić information content (AvgIpc) is 2.38. The molecule has 1 aromatic rings. The predicted octanol–water partition coefficient (Wildman–Crippen LogP) is 0.501. The summed E-state index contributed by atoms with van der Waals surface area (Å²) in [7, 11) is 0. The first-order valence-corrected chi connectivity index (χ1v) is 5.79. The lowest BCUT2D eigenvalue weighted by atomic mass is 10.1. The Morgan fingerprint density at radius 2 is 2.00 bits per heavy atom. The van der Waals surface area contributed by atoms with Gasteiger partial charge >= 0.3 is 11.9 Å². The molecule has 7 heteroatoms. The van der Waals surface area contributed by atoms with E-state index in [2.05, 4.69) is 10.1 Å². The number of carbonyl (C=O) groups excluding carboxylic acids is 2. The fourth-order valence-corrected chi connectivity index (χ4v) is 1.49. The van der Waals surface area contributed by atoms with E-state index >= 15 is 0 Å². The van der Waals surface area contributed by atoms with Gasteiger partial charge < -0.3 is 15.2 Å². The third-order valence-electron chi connectivity index (χ3n) is 2.42. The van der Waals surface area contributed by atoms with Crippen molar-refractivity contribution in [3.8, 4) is 0 Å². The molecule has 0 aliphatic heterocycles. The first kappa shape index (κ1) is 15.6. The van der Waals surface area contributed by atoms with Crippen LogP contribution in [0.5, 0.6) is 0 Å². The van der Waals surface area contributed by atoms with Gasteiger partial charge in [0, 0.05) is 13.3 Å². The van der Waals surface area contributed by atoms with Crippen LogP contribution in [0, 0.1) is 5.82 Å². The van der Waals surface area contributed by atoms with Gasteiger partial charge in [-0.05, 0) is 11.6 Å². The van der Waals surface area contributed by atoms with Crippen LogP contribution in [0.2, 0.25) is 0 Å². The second-order valence-electron chi connectivity index (χ2n) is 4.03. The molecule has 0 aromatic heterocycles. The highest BCUT2D eigenvalue weighted by molar-refractivity contribution is 5.85. The highest BCUT2D eigenvalue weighted by atomic mass is 19.1. The van der Waals surface area contributed by atoms with Crippen LogP contribution < -0.4 is 5.32 Å². The molecular formula is C13H14FNO5. The summed E-state index contributed by atoms with van der Waals surface area (Å²) < 4.78 is 17.9. The molecule has 0 heterocycles. The summed E-state index contributed by atoms with van der Waals surface area (Å²) in [5, 5.41) is 11.2. The van der Waals surface area contributed by atoms with Gasteiger partial charge in [-0.15, -0.1) is 0 Å². The Hall–Kier alpha value is -2.44. The Morgan fingerprint density at radius 1 is 1.35 bits per heavy atom. The lowest BCUT2D eigenvalue weighted by Crippen LogP contribution is -2.44. The Labute approximate surface area is 114 Å². The van der Waals surface area contributed by atoms with E-state index in [1.165, 1.54) is 18.2 Å². The second kappa shape index (κ2) is 7.22. The molecule has 1 aromatic carbocycles. The molecule has 0 fully saturated rings. The molecule has 0 spiro atoms. The van der Waals surface area contributed by atoms with Crippen LogP contribution in [0.15, 0.2) is 24.3 Å². The molecule has 1 atom stereocenters. The first-order chi connectivity index (χ1) is 9.40. The number of halogens is 1. The predicted molar refractivity (Wildman–Crippen MR) is 66.3 cm³/mol. The highest BCUT2D eigenvalue weighted by Crippen LogP contribution is 2.09. The Balaban J connectivity index is 2.66. The molecule has 1 rings (SSSR count). The summed E-state index contributed by atoms with van der Waals surface area (Å²) in [5.74, 6) is -3.26. The van der Waals surface area contributed by atoms with E-state index < -0.39 is 36.3 Å². The monoisotopic (exact) mass is 283 g/mol. The molecule has 0 saturated heterocycles. The quantitative estimate of drug-likeness (QED) is 0.742. The van der Waals surface area contributed by atoms with Gasteiger partial charge in [0.15, 0.2) is 6.61 Å². The maximum absolute atomic E-state index is 13.4. The van der Waals surface area contributed by atoms with Gasteiger partial charge in [-0.25, -0.2) is 9.18 Å². The fraction of sp³-hybridized carbons (Fsp3) is 0.308. The summed E-state index contributed by atoms with van der Waals surface area (Å²) >= 11 is 0. The number of hydrogen-bond donors (Lipinski definition) is 2. The maximum Gasteiger partial charge on any atom is 0.326 e. The zero-order valence-corrected chi connectivity index (χ0v) is 10.8. The number of ether oxygens (including phenoxy) is 1. The number of benzene rings is 1. The van der Waals surface area contributed by atoms with Crippen molar-refractivity contribution in [3.05, 3.63) is 35.6 Å². The normalized spacial score (nSPS) is 11.5. The average molecular weight is 283 g/mol. The number of rotatable bonds is 6. The van der Waals surface area contributed by atoms with Crippen molar-refractivity contribution in [2.45, 2.75) is 19.4 Å². The molecule has 1 amide bonds. The molecule has 2 N–H and O–H groups in total. The highest BCUT2D eigenvalue weighted by Gasteiger charge is 2.22. The number of hydrogen-bond acceptors (Lipinski definition) is 4. The van der Waals surface area contributed by atoms with Crippen molar-refractivity contribution in [3.63, 3.8) is 0 Å². The molecule has 0 aliphatic rings. The summed E-state index contributed by atoms with van der Waals surface area (Å²) in [6.07, 6.45) is -0.201. The van der Waals surface area contributed by atoms with Gasteiger partial charge in [-0.1, -0.05) is 18.2 Å². The van der Waals surface area contributed by atoms with Crippen LogP contribution in [0.1, 0.15) is 12.5 Å². The molecule has 0 unspecified atom stereocenters. The van der Waals surface area contributed by atoms with E-state index in [0.29, 0.717) is 0 Å². The summed E-state index contributed by atoms with van der Waals surface area (Å²) in [4.78, 5) is 33.0. The van der Waals surface area contributed by atoms with Crippen molar-refractivity contribution >= 4 is 17.8 Å². The number of carboxylic acids is 1. The van der Waals surface area contributed by atoms with Crippen molar-refractivity contribution in [1.82, 2.24) is 5.32 Å². The molecule has 20 heavy (non-hydrogen) atoms. The van der Waals surface area contributed by atoms with Crippen molar-refractivity contribution in [2.75, 3.05) is 6.61 Å². The smallest absolute Gasteiger partial charge is 0.326 e. The number of aliphatic carboxylic acids is 1. The van der Waals surface area contributed by atoms with E-state index in [4.69, 9.17) is 5.11 Å². The van der Waals surface area contributed by atoms with Crippen LogP contribution >= 0.6 is 0 Å². The minimum absolute atomic E-state index is 0.174. The van der Waals surface area contributed by atoms with E-state index in [-0.39, 0.29) is 12.0 Å². The Kier molecular flexibility index (Phi) is 5.64. The third kappa shape index (κ3) is 5.05. The van der Waals surface area contributed by atoms with Crippen molar-refractivity contribution in [2.24, 2.45) is 0 Å². The number of esters is 1. The first-order valence-electron chi connectivity index (χ1n) is 5.79. The molecule has 0 saturated carbocycles. The van der Waals surface area contributed by atoms with E-state index in [1.807, 2.05) is 0 Å². The number of carbonyl (C=O) groups is 3. The molecule has 6 nitrogen and oxygen atoms in total. The van der Waals surface area contributed by atoms with Gasteiger partial charge in [0.25, 0.3) is 5.91 Å². The summed E-state index contributed by atoms with van der Waals surface area (Å²) in [5.41, 5.74) is 0.174. The fourth-order valence-electron chi connectivity index (χ4n) is 1.49. The van der Waals surface area contributed by atoms with Gasteiger partial charge in [0.1, 0.15) is 11.9 Å². The standard InChI is InChI=1S/C13H14FNO5/c1-8(16)20-7-12(17)15-11(13(18)19)6-9-4-2-3-5-10(9)14/h2-5,11H,6-7H2,1H3,(H,15,17)(H,18,19)/t11-/m0/s1. The van der Waals surface area contributed by atoms with Crippen LogP contribution in [-0.4, -0.2) is 35.6 Å². The minimum Gasteiger partial charge on any atom is -0.480 e. The lowest BCUT2D eigenvalue weighted by Gasteiger charge is -2.14. The number of carboxylic acid groups (broad SMARTS) is 1. The van der Waals surface area contributed by atoms with E-state index in [1.54, 1.807) is 6.07 Å². The van der Waals surface area contributed by atoms with Gasteiger partial charge in [-0.3, -0.25) is 9.59 Å². The van der Waals surface area contributed by atoms with E-state index in [0.717, 1.165) is 6.92 Å².